The predicted octanol–water partition coefficient (Wildman–Crippen LogP) is 3.61. The molecule has 10 N–H and O–H groups in total. The van der Waals surface area contributed by atoms with E-state index in [1.807, 2.05) is 29.6 Å². The molecule has 378 valence electrons. The minimum absolute atomic E-state index is 0. The number of aliphatic hydroxyl groups is 7. The number of rotatable bonds is 24. The second kappa shape index (κ2) is 32.4. The molecule has 2 aromatic carbocycles. The van der Waals surface area contributed by atoms with Crippen LogP contribution < -0.4 is 19.9 Å². The number of nitrogens with two attached hydrogens (primary N) is 1. The first-order chi connectivity index (χ1) is 31.4. The smallest absolute Gasteiger partial charge is 0.341 e. The molecule has 0 heterocycles. The summed E-state index contributed by atoms with van der Waals surface area (Å²) in [5.41, 5.74) is 4.60. The van der Waals surface area contributed by atoms with E-state index in [9.17, 15) is 35.1 Å². The lowest BCUT2D eigenvalue weighted by Gasteiger charge is -2.32. The Morgan fingerprint density at radius 1 is 0.682 bits per heavy atom. The van der Waals surface area contributed by atoms with Crippen LogP contribution in [0.3, 0.4) is 0 Å². The van der Waals surface area contributed by atoms with Crippen molar-refractivity contribution in [3.05, 3.63) is 58.7 Å². The molecule has 0 spiro atoms. The molecule has 2 saturated carbocycles. The lowest BCUT2D eigenvalue weighted by molar-refractivity contribution is -0.657. The first kappa shape index (κ1) is 58.8. The highest BCUT2D eigenvalue weighted by Gasteiger charge is 2.46. The van der Waals surface area contributed by atoms with Crippen molar-refractivity contribution in [3.8, 4) is 11.5 Å². The molecular formula is C52H87NO13. The third kappa shape index (κ3) is 19.0. The van der Waals surface area contributed by atoms with Crippen LogP contribution in [0.2, 0.25) is 0 Å². The van der Waals surface area contributed by atoms with Crippen LogP contribution in [0.15, 0.2) is 36.4 Å². The van der Waals surface area contributed by atoms with Crippen molar-refractivity contribution < 1.29 is 70.3 Å². The van der Waals surface area contributed by atoms with Gasteiger partial charge in [0.05, 0.1) is 56.7 Å². The lowest BCUT2D eigenvalue weighted by atomic mass is 9.73. The maximum absolute atomic E-state index is 10.8. The summed E-state index contributed by atoms with van der Waals surface area (Å²) in [6, 6.07) is 11.7. The number of carboxylic acid groups (broad SMARTS) is 2. The van der Waals surface area contributed by atoms with Crippen LogP contribution in [0.5, 0.6) is 11.5 Å². The molecule has 0 aromatic heterocycles. The third-order valence-electron chi connectivity index (χ3n) is 14.0. The number of carbonyl (C=O) groups is 2. The fourth-order valence-corrected chi connectivity index (χ4v) is 10.8. The Kier molecular flexibility index (Phi) is 28.9. The number of benzene rings is 2. The Morgan fingerprint density at radius 3 is 1.48 bits per heavy atom. The zero-order chi connectivity index (χ0) is 47.7. The maximum atomic E-state index is 10.8. The summed E-state index contributed by atoms with van der Waals surface area (Å²) in [6.07, 6.45) is 15.6. The third-order valence-corrected chi connectivity index (χ3v) is 14.0. The minimum atomic E-state index is -1.22. The second-order valence-electron chi connectivity index (χ2n) is 18.5. The van der Waals surface area contributed by atoms with Crippen LogP contribution in [0.1, 0.15) is 133 Å². The van der Waals surface area contributed by atoms with Gasteiger partial charge in [-0.3, -0.25) is 0 Å². The van der Waals surface area contributed by atoms with Gasteiger partial charge in [0.1, 0.15) is 18.1 Å². The second-order valence-corrected chi connectivity index (χ2v) is 18.5. The first-order valence-electron chi connectivity index (χ1n) is 24.5. The molecule has 66 heavy (non-hydrogen) atoms. The van der Waals surface area contributed by atoms with Crippen molar-refractivity contribution in [2.45, 2.75) is 161 Å². The van der Waals surface area contributed by atoms with Crippen molar-refractivity contribution in [2.75, 3.05) is 46.6 Å². The number of hydrogen-bond acceptors (Lipinski definition) is 12. The van der Waals surface area contributed by atoms with Gasteiger partial charge in [0.2, 0.25) is 0 Å². The van der Waals surface area contributed by atoms with Crippen molar-refractivity contribution in [3.63, 3.8) is 0 Å². The van der Waals surface area contributed by atoms with Crippen LogP contribution in [0, 0.1) is 35.5 Å². The topological polar surface area (TPSA) is 254 Å². The van der Waals surface area contributed by atoms with E-state index in [0.29, 0.717) is 48.3 Å². The lowest BCUT2D eigenvalue weighted by Crippen LogP contribution is -2.85. The molecule has 0 bridgehead atoms. The maximum Gasteiger partial charge on any atom is 0.341 e. The van der Waals surface area contributed by atoms with Crippen molar-refractivity contribution in [1.29, 1.82) is 0 Å². The highest BCUT2D eigenvalue weighted by molar-refractivity contribution is 5.68. The molecule has 2 fully saturated rings. The van der Waals surface area contributed by atoms with Gasteiger partial charge in [0.15, 0.2) is 6.61 Å². The van der Waals surface area contributed by atoms with Crippen LogP contribution >= 0.6 is 0 Å². The largest absolute Gasteiger partial charge is 0.546 e. The number of fused-ring (bicyclic) bond motifs is 4. The van der Waals surface area contributed by atoms with E-state index in [-0.39, 0.29) is 63.5 Å². The summed E-state index contributed by atoms with van der Waals surface area (Å²) in [4.78, 5) is 21.6. The van der Waals surface area contributed by atoms with E-state index in [4.69, 9.17) is 29.9 Å². The Morgan fingerprint density at radius 2 is 1.11 bits per heavy atom. The fourth-order valence-electron chi connectivity index (χ4n) is 10.8. The Labute approximate surface area is 394 Å². The van der Waals surface area contributed by atoms with Crippen molar-refractivity contribution in [1.82, 2.24) is 0 Å². The van der Waals surface area contributed by atoms with Gasteiger partial charge in [0.25, 0.3) is 0 Å². The average molecular weight is 934 g/mol. The number of carboxylic acids is 2. The number of carbonyl (C=O) groups excluding carboxylic acids is 1. The van der Waals surface area contributed by atoms with Gasteiger partial charge in [-0.05, 0) is 147 Å². The summed E-state index contributed by atoms with van der Waals surface area (Å²) in [7, 11) is 1.00. The normalized spacial score (nSPS) is 24.1. The standard InChI is InChI=1S/2C23H34O5.C4H11NO2.CH4O.CH4/c2*1-2-3-4-7-17(24)9-10-18-19-11-15-6-5-8-22(28-14-23(26)27)20(15)12-16(19)13-21(18)25;6-3-1-5-2-4-7;1-2;/h2*5-6,8,16-19,21,24-25H,2-4,7,9-14H2,1H3,(H,26,27);5-7H,1-4H2;2H,1H3;1H4/t2*16-,17-,18+,19-,21+;;;/m00.../s1. The van der Waals surface area contributed by atoms with Gasteiger partial charge in [-0.25, -0.2) is 4.79 Å². The molecule has 0 amide bonds. The summed E-state index contributed by atoms with van der Waals surface area (Å²) in [5.74, 6) is 1.21. The van der Waals surface area contributed by atoms with Gasteiger partial charge >= 0.3 is 5.97 Å². The summed E-state index contributed by atoms with van der Waals surface area (Å²) >= 11 is 0. The molecular weight excluding hydrogens is 847 g/mol. The molecule has 10 atom stereocenters. The number of unbranched alkanes of at least 4 members (excludes halogenated alkanes) is 4. The number of hydrogen-bond donors (Lipinski definition) is 9. The Hall–Kier alpha value is -3.34. The van der Waals surface area contributed by atoms with Gasteiger partial charge in [-0.15, -0.1) is 0 Å². The highest BCUT2D eigenvalue weighted by atomic mass is 16.5. The molecule has 2 aromatic rings. The number of quaternary nitrogens is 1. The fraction of sp³-hybridized carbons (Fsp3) is 0.731. The summed E-state index contributed by atoms with van der Waals surface area (Å²) in [5, 5.41) is 86.7. The Balaban J connectivity index is 0.000000379. The minimum Gasteiger partial charge on any atom is -0.546 e. The van der Waals surface area contributed by atoms with E-state index in [1.165, 1.54) is 11.1 Å². The van der Waals surface area contributed by atoms with Gasteiger partial charge in [-0.2, -0.15) is 0 Å². The van der Waals surface area contributed by atoms with Crippen LogP contribution in [0.25, 0.3) is 0 Å². The predicted molar refractivity (Wildman–Crippen MR) is 253 cm³/mol. The van der Waals surface area contributed by atoms with E-state index < -0.39 is 18.5 Å². The molecule has 0 radical (unpaired) electrons. The molecule has 14 heteroatoms. The SMILES string of the molecule is C.CCCCC[C@H](O)CC[C@@H]1[C@H]2Cc3cccc(OCC(=O)O)c3C[C@H]2C[C@H]1O.CCCCC[C@H](O)CC[C@@H]1[C@H]2Cc3cccc(OCC(=O)[O-])c3C[C@H]2C[C@H]1O.CO.OCC[NH2+]CCO. The molecule has 0 aliphatic heterocycles. The van der Waals surface area contributed by atoms with Gasteiger partial charge < -0.3 is 65.5 Å². The van der Waals surface area contributed by atoms with Crippen LogP contribution in [-0.4, -0.2) is 124 Å². The monoisotopic (exact) mass is 934 g/mol. The van der Waals surface area contributed by atoms with Crippen LogP contribution in [0.4, 0.5) is 0 Å². The van der Waals surface area contributed by atoms with Gasteiger partial charge in [0, 0.05) is 7.11 Å². The van der Waals surface area contributed by atoms with Gasteiger partial charge in [-0.1, -0.05) is 84.1 Å². The van der Waals surface area contributed by atoms with E-state index in [0.717, 1.165) is 134 Å². The zero-order valence-electron chi connectivity index (χ0n) is 39.4. The quantitative estimate of drug-likeness (QED) is 0.0684. The number of ether oxygens (including phenoxy) is 2. The molecule has 4 aliphatic rings. The molecule has 6 rings (SSSR count). The summed E-state index contributed by atoms with van der Waals surface area (Å²) in [6.45, 7) is 5.34. The van der Waals surface area contributed by atoms with E-state index in [1.54, 1.807) is 0 Å². The highest BCUT2D eigenvalue weighted by Crippen LogP contribution is 2.50. The van der Waals surface area contributed by atoms with E-state index in [2.05, 4.69) is 26.0 Å². The number of aliphatic carboxylic acids is 2. The molecule has 4 aliphatic carbocycles. The Bertz CT molecular complexity index is 1530. The first-order valence-corrected chi connectivity index (χ1v) is 24.5. The van der Waals surface area contributed by atoms with Crippen molar-refractivity contribution >= 4 is 11.9 Å². The molecule has 14 nitrogen and oxygen atoms in total. The molecule has 0 unspecified atom stereocenters. The van der Waals surface area contributed by atoms with Crippen molar-refractivity contribution in [2.24, 2.45) is 35.5 Å². The van der Waals surface area contributed by atoms with Crippen LogP contribution in [-0.2, 0) is 35.3 Å². The molecule has 0 saturated heterocycles. The van der Waals surface area contributed by atoms with E-state index >= 15 is 0 Å². The zero-order valence-corrected chi connectivity index (χ0v) is 39.4. The number of aliphatic hydroxyl groups excluding tert-OH is 7. The average Bonchev–Trinajstić information content (AvgIpc) is 3.78. The summed E-state index contributed by atoms with van der Waals surface area (Å²) < 4.78 is 10.9.